The summed E-state index contributed by atoms with van der Waals surface area (Å²) in [7, 11) is -3.77. The zero-order chi connectivity index (χ0) is 13.7. The first kappa shape index (κ1) is 13.2. The molecule has 0 saturated carbocycles. The zero-order valence-electron chi connectivity index (χ0n) is 9.24. The van der Waals surface area contributed by atoms with Gasteiger partial charge in [-0.05, 0) is 13.0 Å². The molecule has 2 rings (SSSR count). The maximum absolute atomic E-state index is 12.2. The van der Waals surface area contributed by atoms with E-state index >= 15 is 0 Å². The van der Waals surface area contributed by atoms with E-state index in [4.69, 9.17) is 16.7 Å². The Morgan fingerprint density at radius 2 is 2.28 bits per heavy atom. The number of carboxylic acid groups (broad SMARTS) is 1. The molecule has 2 heterocycles. The number of halogens is 1. The Morgan fingerprint density at radius 3 is 2.72 bits per heavy atom. The fraction of sp³-hybridized carbons (Fsp3) is 0.556. The number of carbonyl (C=O) groups excluding carboxylic acids is 1. The van der Waals surface area contributed by atoms with Crippen LogP contribution in [-0.2, 0) is 19.4 Å². The Bertz CT molecular complexity index is 543. The molecule has 0 unspecified atom stereocenters. The summed E-state index contributed by atoms with van der Waals surface area (Å²) in [4.78, 5) is 23.0. The lowest BCUT2D eigenvalue weighted by Gasteiger charge is -2.36. The summed E-state index contributed by atoms with van der Waals surface area (Å²) >= 11 is 5.40. The second-order valence-electron chi connectivity index (χ2n) is 4.22. The van der Waals surface area contributed by atoms with Crippen LogP contribution in [0.1, 0.15) is 13.3 Å². The highest BCUT2D eigenvalue weighted by atomic mass is 35.5. The molecule has 9 heteroatoms. The van der Waals surface area contributed by atoms with Crippen LogP contribution >= 0.6 is 11.6 Å². The maximum Gasteiger partial charge on any atom is 0.507 e. The molecular weight excluding hydrogens is 286 g/mol. The predicted octanol–water partition coefficient (Wildman–Crippen LogP) is 0.505. The average molecular weight is 296 g/mol. The summed E-state index contributed by atoms with van der Waals surface area (Å²) in [6.07, 6.45) is -2.08. The highest BCUT2D eigenvalue weighted by Gasteiger charge is 2.68. The van der Waals surface area contributed by atoms with E-state index in [9.17, 15) is 18.0 Å². The molecule has 1 amide bonds. The minimum absolute atomic E-state index is 0.159. The van der Waals surface area contributed by atoms with Crippen LogP contribution in [0.25, 0.3) is 0 Å². The molecular formula is C9H10ClNO6S. The molecule has 3 atom stereocenters. The van der Waals surface area contributed by atoms with Crippen molar-refractivity contribution in [2.75, 3.05) is 0 Å². The van der Waals surface area contributed by atoms with Gasteiger partial charge in [-0.2, -0.15) is 0 Å². The molecule has 2 fully saturated rings. The van der Waals surface area contributed by atoms with Crippen LogP contribution < -0.4 is 0 Å². The van der Waals surface area contributed by atoms with Crippen molar-refractivity contribution in [3.05, 3.63) is 11.6 Å². The van der Waals surface area contributed by atoms with Gasteiger partial charge in [-0.1, -0.05) is 11.6 Å². The summed E-state index contributed by atoms with van der Waals surface area (Å²) in [5, 5.41) is 7.61. The Balaban J connectivity index is 2.52. The average Bonchev–Trinajstić information content (AvgIpc) is 2.34. The third-order valence-electron chi connectivity index (χ3n) is 3.27. The molecule has 0 bridgehead atoms. The number of rotatable bonds is 2. The molecule has 7 nitrogen and oxygen atoms in total. The van der Waals surface area contributed by atoms with Gasteiger partial charge in [-0.3, -0.25) is 9.69 Å². The van der Waals surface area contributed by atoms with Crippen LogP contribution in [0.4, 0.5) is 4.79 Å². The number of hydrogen-bond acceptors (Lipinski definition) is 5. The van der Waals surface area contributed by atoms with Crippen molar-refractivity contribution in [2.24, 2.45) is 0 Å². The monoisotopic (exact) mass is 295 g/mol. The molecule has 0 radical (unpaired) electrons. The Kier molecular flexibility index (Phi) is 2.82. The smallest absolute Gasteiger partial charge is 0.450 e. The molecule has 2 aliphatic heterocycles. The number of carbonyl (C=O) groups is 2. The summed E-state index contributed by atoms with van der Waals surface area (Å²) in [5.74, 6) is -0.457. The number of amides is 1. The number of fused-ring (bicyclic) bond motifs is 1. The van der Waals surface area contributed by atoms with E-state index in [1.54, 1.807) is 0 Å². The minimum atomic E-state index is -3.77. The molecule has 0 aromatic rings. The number of β-lactam (4-membered cyclic amide) rings is 1. The van der Waals surface area contributed by atoms with Gasteiger partial charge in [0.15, 0.2) is 9.84 Å². The highest BCUT2D eigenvalue weighted by molar-refractivity contribution is 7.94. The molecule has 2 saturated heterocycles. The number of nitrogens with zero attached hydrogens (tertiary/aromatic N) is 1. The van der Waals surface area contributed by atoms with Crippen molar-refractivity contribution in [1.82, 2.24) is 4.90 Å². The van der Waals surface area contributed by atoms with Crippen molar-refractivity contribution in [3.63, 3.8) is 0 Å². The quantitative estimate of drug-likeness (QED) is 0.588. The SMILES string of the molecule is C[C@]1(/C=C\Cl)[C@H](OC(=O)O)N2C(=O)C[C@H]2S1(=O)=O. The molecule has 0 spiro atoms. The lowest BCUT2D eigenvalue weighted by atomic mass is 10.1. The van der Waals surface area contributed by atoms with Gasteiger partial charge in [0.05, 0.1) is 6.42 Å². The first-order valence-electron chi connectivity index (χ1n) is 4.98. The van der Waals surface area contributed by atoms with Gasteiger partial charge in [-0.25, -0.2) is 13.2 Å². The van der Waals surface area contributed by atoms with Gasteiger partial charge in [-0.15, -0.1) is 0 Å². The van der Waals surface area contributed by atoms with Crippen LogP contribution in [0, 0.1) is 0 Å². The molecule has 18 heavy (non-hydrogen) atoms. The highest BCUT2D eigenvalue weighted by Crippen LogP contribution is 2.47. The first-order valence-corrected chi connectivity index (χ1v) is 6.96. The number of ether oxygens (including phenoxy) is 1. The van der Waals surface area contributed by atoms with E-state index in [1.165, 1.54) is 6.92 Å². The van der Waals surface area contributed by atoms with Crippen molar-refractivity contribution in [2.45, 2.75) is 29.7 Å². The van der Waals surface area contributed by atoms with E-state index in [0.717, 1.165) is 16.5 Å². The largest absolute Gasteiger partial charge is 0.507 e. The molecule has 2 aliphatic rings. The van der Waals surface area contributed by atoms with Crippen LogP contribution in [0.5, 0.6) is 0 Å². The topological polar surface area (TPSA) is 101 Å². The fourth-order valence-electron chi connectivity index (χ4n) is 2.22. The normalized spacial score (nSPS) is 37.4. The van der Waals surface area contributed by atoms with E-state index in [1.807, 2.05) is 0 Å². The molecule has 0 aromatic carbocycles. The van der Waals surface area contributed by atoms with Crippen molar-refractivity contribution in [3.8, 4) is 0 Å². The van der Waals surface area contributed by atoms with Gasteiger partial charge in [0.1, 0.15) is 10.1 Å². The van der Waals surface area contributed by atoms with Crippen molar-refractivity contribution in [1.29, 1.82) is 0 Å². The Labute approximate surface area is 108 Å². The zero-order valence-corrected chi connectivity index (χ0v) is 10.8. The summed E-state index contributed by atoms with van der Waals surface area (Å²) in [6.45, 7) is 1.28. The van der Waals surface area contributed by atoms with Gasteiger partial charge in [0.2, 0.25) is 12.1 Å². The molecule has 0 aromatic heterocycles. The summed E-state index contributed by atoms with van der Waals surface area (Å²) in [5.41, 5.74) is 0.978. The van der Waals surface area contributed by atoms with Crippen LogP contribution in [0.2, 0.25) is 0 Å². The van der Waals surface area contributed by atoms with Gasteiger partial charge < -0.3 is 9.84 Å². The Hall–Kier alpha value is -1.28. The third kappa shape index (κ3) is 1.45. The maximum atomic E-state index is 12.2. The van der Waals surface area contributed by atoms with Crippen molar-refractivity contribution >= 4 is 33.5 Å². The first-order chi connectivity index (χ1) is 8.25. The molecule has 0 aliphatic carbocycles. The summed E-state index contributed by atoms with van der Waals surface area (Å²) in [6, 6.07) is 0. The lowest BCUT2D eigenvalue weighted by molar-refractivity contribution is -0.156. The van der Waals surface area contributed by atoms with Crippen molar-refractivity contribution < 1.29 is 27.9 Å². The number of hydrogen-bond donors (Lipinski definition) is 1. The van der Waals surface area contributed by atoms with E-state index in [-0.39, 0.29) is 6.42 Å². The lowest BCUT2D eigenvalue weighted by Crippen LogP contribution is -2.55. The van der Waals surface area contributed by atoms with Crippen LogP contribution in [0.3, 0.4) is 0 Å². The minimum Gasteiger partial charge on any atom is -0.450 e. The number of sulfone groups is 1. The van der Waals surface area contributed by atoms with Gasteiger partial charge in [0, 0.05) is 5.54 Å². The second-order valence-corrected chi connectivity index (χ2v) is 6.98. The Morgan fingerprint density at radius 1 is 1.67 bits per heavy atom. The standard InChI is InChI=1S/C9H10ClNO6S/c1-9(2-3-10)7(17-8(13)14)11-5(12)4-6(11)18(9,15)16/h2-3,6-7H,4H2,1H3,(H,13,14)/b3-2-/t6-,7+,9+/m1/s1. The van der Waals surface area contributed by atoms with Gasteiger partial charge >= 0.3 is 6.16 Å². The summed E-state index contributed by atoms with van der Waals surface area (Å²) < 4.78 is 27.3. The second kappa shape index (κ2) is 3.86. The fourth-order valence-corrected chi connectivity index (χ4v) is 4.74. The van der Waals surface area contributed by atoms with E-state index in [2.05, 4.69) is 4.74 Å². The molecule has 1 N–H and O–H groups in total. The molecule has 100 valence electrons. The van der Waals surface area contributed by atoms with Crippen LogP contribution in [-0.4, -0.2) is 46.8 Å². The van der Waals surface area contributed by atoms with E-state index in [0.29, 0.717) is 0 Å². The van der Waals surface area contributed by atoms with Crippen LogP contribution in [0.15, 0.2) is 11.6 Å². The van der Waals surface area contributed by atoms with E-state index < -0.39 is 38.2 Å². The third-order valence-corrected chi connectivity index (χ3v) is 6.07. The van der Waals surface area contributed by atoms with Gasteiger partial charge in [0.25, 0.3) is 0 Å². The predicted molar refractivity (Wildman–Crippen MR) is 60.5 cm³/mol.